The Morgan fingerprint density at radius 3 is 2.72 bits per heavy atom. The monoisotopic (exact) mass is 251 g/mol. The first-order chi connectivity index (χ1) is 8.72. The number of nitrogens with one attached hydrogen (secondary N) is 1. The maximum Gasteiger partial charge on any atom is 0.274 e. The predicted octanol–water partition coefficient (Wildman–Crippen LogP) is 0.0132. The molecule has 2 rings (SSSR count). The largest absolute Gasteiger partial charge is 0.381 e. The van der Waals surface area contributed by atoms with Crippen LogP contribution in [0.3, 0.4) is 0 Å². The highest BCUT2D eigenvalue weighted by Gasteiger charge is 2.24. The normalized spacial score (nSPS) is 16.3. The molecular formula is C11H17N5O2. The fourth-order valence-electron chi connectivity index (χ4n) is 1.93. The lowest BCUT2D eigenvalue weighted by Crippen LogP contribution is -2.41. The Bertz CT molecular complexity index is 402. The van der Waals surface area contributed by atoms with Crippen molar-refractivity contribution in [3.8, 4) is 0 Å². The van der Waals surface area contributed by atoms with Gasteiger partial charge in [0, 0.05) is 26.3 Å². The molecule has 1 saturated heterocycles. The number of carbonyl (C=O) groups is 1. The molecule has 2 heterocycles. The van der Waals surface area contributed by atoms with Gasteiger partial charge >= 0.3 is 0 Å². The van der Waals surface area contributed by atoms with Crippen LogP contribution in [-0.4, -0.2) is 47.1 Å². The van der Waals surface area contributed by atoms with Crippen molar-refractivity contribution >= 4 is 11.7 Å². The quantitative estimate of drug-likeness (QED) is 0.581. The number of hydrogen-bond donors (Lipinski definition) is 2. The van der Waals surface area contributed by atoms with E-state index >= 15 is 0 Å². The van der Waals surface area contributed by atoms with Crippen LogP contribution in [0.2, 0.25) is 0 Å². The van der Waals surface area contributed by atoms with Gasteiger partial charge in [0.1, 0.15) is 5.69 Å². The van der Waals surface area contributed by atoms with E-state index < -0.39 is 0 Å². The second-order valence-electron chi connectivity index (χ2n) is 4.19. The van der Waals surface area contributed by atoms with E-state index in [4.69, 9.17) is 10.6 Å². The van der Waals surface area contributed by atoms with Crippen molar-refractivity contribution in [2.45, 2.75) is 18.9 Å². The highest BCUT2D eigenvalue weighted by atomic mass is 16.5. The third-order valence-electron chi connectivity index (χ3n) is 3.08. The maximum absolute atomic E-state index is 12.2. The van der Waals surface area contributed by atoms with Crippen LogP contribution in [0.25, 0.3) is 0 Å². The first-order valence-electron chi connectivity index (χ1n) is 5.86. The molecule has 1 aromatic rings. The summed E-state index contributed by atoms with van der Waals surface area (Å²) < 4.78 is 5.28. The third-order valence-corrected chi connectivity index (χ3v) is 3.08. The third kappa shape index (κ3) is 2.74. The Kier molecular flexibility index (Phi) is 4.06. The number of anilines is 1. The molecule has 1 fully saturated rings. The molecule has 98 valence electrons. The molecule has 0 atom stereocenters. The van der Waals surface area contributed by atoms with E-state index in [1.807, 2.05) is 0 Å². The smallest absolute Gasteiger partial charge is 0.274 e. The van der Waals surface area contributed by atoms with Gasteiger partial charge in [0.15, 0.2) is 5.82 Å². The zero-order valence-electron chi connectivity index (χ0n) is 10.3. The number of amides is 1. The van der Waals surface area contributed by atoms with Gasteiger partial charge in [-0.15, -0.1) is 0 Å². The predicted molar refractivity (Wildman–Crippen MR) is 65.8 cm³/mol. The number of ether oxygens (including phenoxy) is 1. The average Bonchev–Trinajstić information content (AvgIpc) is 2.47. The molecule has 1 aliphatic rings. The van der Waals surface area contributed by atoms with E-state index in [9.17, 15) is 4.79 Å². The summed E-state index contributed by atoms with van der Waals surface area (Å²) in [6.07, 6.45) is 4.58. The number of carbonyl (C=O) groups excluding carboxylic acids is 1. The zero-order valence-corrected chi connectivity index (χ0v) is 10.3. The van der Waals surface area contributed by atoms with Crippen LogP contribution in [0.4, 0.5) is 5.82 Å². The fourth-order valence-corrected chi connectivity index (χ4v) is 1.93. The Morgan fingerprint density at radius 2 is 2.17 bits per heavy atom. The Hall–Kier alpha value is -1.73. The topological polar surface area (TPSA) is 93.4 Å². The van der Waals surface area contributed by atoms with Crippen molar-refractivity contribution in [3.63, 3.8) is 0 Å². The van der Waals surface area contributed by atoms with Crippen molar-refractivity contribution in [2.75, 3.05) is 25.7 Å². The SMILES string of the molecule is CN(C(=O)c1cnc(NN)cn1)C1CCOCC1. The van der Waals surface area contributed by atoms with Crippen LogP contribution in [0.5, 0.6) is 0 Å². The lowest BCUT2D eigenvalue weighted by molar-refractivity contribution is 0.0358. The van der Waals surface area contributed by atoms with Crippen molar-refractivity contribution in [2.24, 2.45) is 5.84 Å². The summed E-state index contributed by atoms with van der Waals surface area (Å²) in [7, 11) is 1.79. The Balaban J connectivity index is 2.04. The van der Waals surface area contributed by atoms with Gasteiger partial charge in [-0.05, 0) is 12.8 Å². The summed E-state index contributed by atoms with van der Waals surface area (Å²) in [6.45, 7) is 1.40. The van der Waals surface area contributed by atoms with E-state index in [0.29, 0.717) is 24.7 Å². The lowest BCUT2D eigenvalue weighted by Gasteiger charge is -2.30. The minimum atomic E-state index is -0.127. The second kappa shape index (κ2) is 5.74. The molecule has 0 spiro atoms. The maximum atomic E-state index is 12.2. The van der Waals surface area contributed by atoms with Gasteiger partial charge in [0.25, 0.3) is 5.91 Å². The number of aromatic nitrogens is 2. The fraction of sp³-hybridized carbons (Fsp3) is 0.545. The molecule has 0 bridgehead atoms. The van der Waals surface area contributed by atoms with Crippen molar-refractivity contribution in [1.82, 2.24) is 14.9 Å². The summed E-state index contributed by atoms with van der Waals surface area (Å²) in [5.74, 6) is 5.49. The molecule has 7 nitrogen and oxygen atoms in total. The molecule has 0 saturated carbocycles. The van der Waals surface area contributed by atoms with Crippen molar-refractivity contribution in [3.05, 3.63) is 18.1 Å². The molecule has 1 aromatic heterocycles. The van der Waals surface area contributed by atoms with Crippen LogP contribution < -0.4 is 11.3 Å². The Morgan fingerprint density at radius 1 is 1.44 bits per heavy atom. The highest BCUT2D eigenvalue weighted by Crippen LogP contribution is 2.14. The number of hydrogen-bond acceptors (Lipinski definition) is 6. The summed E-state index contributed by atoms with van der Waals surface area (Å²) in [5, 5.41) is 0. The molecule has 0 aromatic carbocycles. The minimum Gasteiger partial charge on any atom is -0.381 e. The molecule has 7 heteroatoms. The van der Waals surface area contributed by atoms with Gasteiger partial charge < -0.3 is 15.1 Å². The van der Waals surface area contributed by atoms with Crippen molar-refractivity contribution < 1.29 is 9.53 Å². The number of hydrazine groups is 1. The molecule has 1 amide bonds. The summed E-state index contributed by atoms with van der Waals surface area (Å²) >= 11 is 0. The van der Waals surface area contributed by atoms with Gasteiger partial charge in [0.2, 0.25) is 0 Å². The van der Waals surface area contributed by atoms with Crippen LogP contribution in [-0.2, 0) is 4.74 Å². The van der Waals surface area contributed by atoms with Gasteiger partial charge in [0.05, 0.1) is 12.4 Å². The van der Waals surface area contributed by atoms with E-state index in [2.05, 4.69) is 15.4 Å². The molecular weight excluding hydrogens is 234 g/mol. The van der Waals surface area contributed by atoms with Crippen LogP contribution in [0.15, 0.2) is 12.4 Å². The minimum absolute atomic E-state index is 0.127. The Labute approximate surface area is 105 Å². The van der Waals surface area contributed by atoms with Crippen LogP contribution in [0, 0.1) is 0 Å². The van der Waals surface area contributed by atoms with E-state index in [1.54, 1.807) is 11.9 Å². The van der Waals surface area contributed by atoms with Gasteiger partial charge in [-0.3, -0.25) is 4.79 Å². The number of nitrogens with two attached hydrogens (primary N) is 1. The first-order valence-corrected chi connectivity index (χ1v) is 5.86. The lowest BCUT2D eigenvalue weighted by atomic mass is 10.1. The van der Waals surface area contributed by atoms with E-state index in [0.717, 1.165) is 12.8 Å². The second-order valence-corrected chi connectivity index (χ2v) is 4.19. The standard InChI is InChI=1S/C11H17N5O2/c1-16(8-2-4-18-5-3-8)11(17)9-6-14-10(15-12)7-13-9/h6-8H,2-5,12H2,1H3,(H,14,15). The first kappa shape index (κ1) is 12.7. The molecule has 1 aliphatic heterocycles. The van der Waals surface area contributed by atoms with Crippen LogP contribution >= 0.6 is 0 Å². The van der Waals surface area contributed by atoms with Gasteiger partial charge in [-0.1, -0.05) is 0 Å². The summed E-state index contributed by atoms with van der Waals surface area (Å²) in [4.78, 5) is 21.9. The molecule has 18 heavy (non-hydrogen) atoms. The van der Waals surface area contributed by atoms with Crippen molar-refractivity contribution in [1.29, 1.82) is 0 Å². The summed E-state index contributed by atoms with van der Waals surface area (Å²) in [5.41, 5.74) is 2.69. The molecule has 0 unspecified atom stereocenters. The molecule has 3 N–H and O–H groups in total. The average molecular weight is 251 g/mol. The zero-order chi connectivity index (χ0) is 13.0. The van der Waals surface area contributed by atoms with Crippen LogP contribution in [0.1, 0.15) is 23.3 Å². The molecule has 0 aliphatic carbocycles. The number of nitrogen functional groups attached to an aromatic ring is 1. The summed E-state index contributed by atoms with van der Waals surface area (Å²) in [6, 6.07) is 0.209. The molecule has 0 radical (unpaired) electrons. The highest BCUT2D eigenvalue weighted by molar-refractivity contribution is 5.92. The van der Waals surface area contributed by atoms with Gasteiger partial charge in [-0.25, -0.2) is 15.8 Å². The number of rotatable bonds is 3. The van der Waals surface area contributed by atoms with E-state index in [1.165, 1.54) is 12.4 Å². The van der Waals surface area contributed by atoms with Gasteiger partial charge in [-0.2, -0.15) is 0 Å². The number of nitrogens with zero attached hydrogens (tertiary/aromatic N) is 3. The van der Waals surface area contributed by atoms with E-state index in [-0.39, 0.29) is 11.9 Å².